The Bertz CT molecular complexity index is 661. The van der Waals surface area contributed by atoms with Crippen LogP contribution in [0.2, 0.25) is 0 Å². The zero-order chi connectivity index (χ0) is 18.6. The fraction of sp³-hybridized carbons (Fsp3) is 0.722. The molecule has 2 aliphatic rings. The average Bonchev–Trinajstić information content (AvgIpc) is 2.95. The van der Waals surface area contributed by atoms with Crippen molar-refractivity contribution in [1.82, 2.24) is 4.90 Å². The molecule has 25 heavy (non-hydrogen) atoms. The number of nitrogens with zero attached hydrogens (tertiary/aromatic N) is 1. The first-order chi connectivity index (χ1) is 11.4. The van der Waals surface area contributed by atoms with Crippen LogP contribution in [-0.4, -0.2) is 41.5 Å². The highest BCUT2D eigenvalue weighted by molar-refractivity contribution is 7.11. The van der Waals surface area contributed by atoms with Gasteiger partial charge in [-0.3, -0.25) is 0 Å². The van der Waals surface area contributed by atoms with Gasteiger partial charge in [0.05, 0.1) is 17.7 Å². The van der Waals surface area contributed by atoms with E-state index in [0.717, 1.165) is 11.9 Å². The monoisotopic (exact) mass is 365 g/mol. The van der Waals surface area contributed by atoms with Crippen LogP contribution in [0.15, 0.2) is 5.38 Å². The number of fused-ring (bicyclic) bond motifs is 1. The average molecular weight is 365 g/mol. The maximum atomic E-state index is 12.3. The van der Waals surface area contributed by atoms with E-state index in [0.29, 0.717) is 13.1 Å². The van der Waals surface area contributed by atoms with Crippen LogP contribution in [0.1, 0.15) is 58.9 Å². The Morgan fingerprint density at radius 1 is 1.24 bits per heavy atom. The molecule has 3 heterocycles. The van der Waals surface area contributed by atoms with Gasteiger partial charge < -0.3 is 18.9 Å². The lowest BCUT2D eigenvalue weighted by atomic mass is 9.76. The minimum atomic E-state index is -0.472. The van der Waals surface area contributed by atoms with Gasteiger partial charge in [-0.1, -0.05) is 0 Å². The molecule has 0 aromatic carbocycles. The Morgan fingerprint density at radius 3 is 2.40 bits per heavy atom. The van der Waals surface area contributed by atoms with E-state index < -0.39 is 5.60 Å². The summed E-state index contributed by atoms with van der Waals surface area (Å²) in [6, 6.07) is 0. The van der Waals surface area contributed by atoms with E-state index >= 15 is 0 Å². The normalized spacial score (nSPS) is 22.0. The van der Waals surface area contributed by atoms with E-state index in [2.05, 4.69) is 33.1 Å². The minimum Gasteiger partial charge on any atom is -0.444 e. The molecule has 0 bridgehead atoms. The molecule has 3 rings (SSSR count). The Balaban J connectivity index is 1.75. The van der Waals surface area contributed by atoms with Crippen LogP contribution in [0, 0.1) is 0 Å². The van der Waals surface area contributed by atoms with Crippen LogP contribution in [0.5, 0.6) is 0 Å². The van der Waals surface area contributed by atoms with Crippen molar-refractivity contribution in [3.05, 3.63) is 15.8 Å². The molecule has 1 aromatic rings. The van der Waals surface area contributed by atoms with E-state index in [1.807, 2.05) is 20.8 Å². The first-order valence-corrected chi connectivity index (χ1v) is 9.70. The molecule has 0 unspecified atom stereocenters. The van der Waals surface area contributed by atoms with Crippen LogP contribution in [-0.2, 0) is 27.0 Å². The third kappa shape index (κ3) is 3.59. The third-order valence-electron chi connectivity index (χ3n) is 5.14. The number of amides is 1. The van der Waals surface area contributed by atoms with Crippen molar-refractivity contribution in [3.8, 4) is 0 Å². The predicted molar refractivity (Wildman–Crippen MR) is 100 cm³/mol. The van der Waals surface area contributed by atoms with Crippen LogP contribution in [0.3, 0.4) is 0 Å². The molecule has 2 aliphatic heterocycles. The first kappa shape index (κ1) is 18.7. The molecule has 0 aliphatic carbocycles. The highest BCUT2D eigenvalue weighted by Crippen LogP contribution is 2.37. The Hall–Kier alpha value is -1.05. The fourth-order valence-corrected chi connectivity index (χ4v) is 4.12. The Kier molecular flexibility index (Phi) is 4.49. The van der Waals surface area contributed by atoms with Crippen LogP contribution >= 0.6 is 11.3 Å². The molecule has 1 amide bonds. The van der Waals surface area contributed by atoms with E-state index in [-0.39, 0.29) is 24.4 Å². The number of thiophene rings is 1. The largest absolute Gasteiger partial charge is 0.495 e. The number of ether oxygens (including phenoxy) is 1. The van der Waals surface area contributed by atoms with E-state index in [9.17, 15) is 4.79 Å². The predicted octanol–water partition coefficient (Wildman–Crippen LogP) is 3.34. The summed E-state index contributed by atoms with van der Waals surface area (Å²) in [5, 5.41) is 2.12. The number of hydrogen-bond donors (Lipinski definition) is 0. The molecular formula is C18H28BNO4S. The molecule has 7 heteroatoms. The quantitative estimate of drug-likeness (QED) is 0.717. The summed E-state index contributed by atoms with van der Waals surface area (Å²) < 4.78 is 17.9. The molecule has 0 radical (unpaired) electrons. The molecule has 5 nitrogen and oxygen atoms in total. The van der Waals surface area contributed by atoms with E-state index in [1.165, 1.54) is 10.4 Å². The summed E-state index contributed by atoms with van der Waals surface area (Å²) in [4.78, 5) is 15.3. The van der Waals surface area contributed by atoms with Crippen LogP contribution < -0.4 is 5.46 Å². The topological polar surface area (TPSA) is 48.0 Å². The van der Waals surface area contributed by atoms with Crippen molar-refractivity contribution < 1.29 is 18.8 Å². The van der Waals surface area contributed by atoms with Gasteiger partial charge in [0.25, 0.3) is 0 Å². The van der Waals surface area contributed by atoms with Gasteiger partial charge >= 0.3 is 13.2 Å². The maximum absolute atomic E-state index is 12.3. The Labute approximate surface area is 154 Å². The lowest BCUT2D eigenvalue weighted by molar-refractivity contribution is 0.00578. The van der Waals surface area contributed by atoms with Gasteiger partial charge in [-0.15, -0.1) is 11.3 Å². The summed E-state index contributed by atoms with van der Waals surface area (Å²) in [5.41, 5.74) is 1.22. The first-order valence-electron chi connectivity index (χ1n) is 8.82. The Morgan fingerprint density at radius 2 is 1.84 bits per heavy atom. The van der Waals surface area contributed by atoms with Crippen LogP contribution in [0.4, 0.5) is 4.79 Å². The summed E-state index contributed by atoms with van der Waals surface area (Å²) in [6.07, 6.45) is 0.557. The second-order valence-electron chi connectivity index (χ2n) is 8.83. The fourth-order valence-electron chi connectivity index (χ4n) is 3.00. The van der Waals surface area contributed by atoms with Crippen molar-refractivity contribution in [2.75, 3.05) is 6.54 Å². The minimum absolute atomic E-state index is 0.247. The number of hydrogen-bond acceptors (Lipinski definition) is 5. The van der Waals surface area contributed by atoms with Gasteiger partial charge in [0.2, 0.25) is 0 Å². The molecule has 0 atom stereocenters. The molecule has 1 aromatic heterocycles. The van der Waals surface area contributed by atoms with Crippen LogP contribution in [0.25, 0.3) is 0 Å². The number of carbonyl (C=O) groups is 1. The van der Waals surface area contributed by atoms with Gasteiger partial charge in [0.15, 0.2) is 0 Å². The SMILES string of the molecule is CC(C)(C)OC(=O)N1CCc2c(B3OC(C)(C)C(C)(C)O3)csc2C1. The lowest BCUT2D eigenvalue weighted by Crippen LogP contribution is -2.42. The van der Waals surface area contributed by atoms with Crippen molar-refractivity contribution in [2.24, 2.45) is 0 Å². The molecule has 0 spiro atoms. The van der Waals surface area contributed by atoms with E-state index in [1.54, 1.807) is 16.2 Å². The maximum Gasteiger partial charge on any atom is 0.495 e. The number of carbonyl (C=O) groups excluding carboxylic acids is 1. The molecule has 0 saturated carbocycles. The van der Waals surface area contributed by atoms with Crippen molar-refractivity contribution >= 4 is 30.0 Å². The van der Waals surface area contributed by atoms with E-state index in [4.69, 9.17) is 14.0 Å². The molecule has 138 valence electrons. The molecular weight excluding hydrogens is 337 g/mol. The zero-order valence-electron chi connectivity index (χ0n) is 16.3. The smallest absolute Gasteiger partial charge is 0.444 e. The highest BCUT2D eigenvalue weighted by Gasteiger charge is 2.52. The second kappa shape index (κ2) is 6.00. The van der Waals surface area contributed by atoms with Gasteiger partial charge in [0.1, 0.15) is 5.60 Å². The summed E-state index contributed by atoms with van der Waals surface area (Å²) in [5.74, 6) is 0. The molecule has 1 fully saturated rings. The number of rotatable bonds is 1. The summed E-state index contributed by atoms with van der Waals surface area (Å²) >= 11 is 1.67. The van der Waals surface area contributed by atoms with Gasteiger partial charge in [0, 0.05) is 11.4 Å². The van der Waals surface area contributed by atoms with Gasteiger partial charge in [-0.2, -0.15) is 0 Å². The second-order valence-corrected chi connectivity index (χ2v) is 9.80. The third-order valence-corrected chi connectivity index (χ3v) is 6.17. The van der Waals surface area contributed by atoms with Crippen molar-refractivity contribution in [3.63, 3.8) is 0 Å². The summed E-state index contributed by atoms with van der Waals surface area (Å²) in [7, 11) is -0.335. The summed E-state index contributed by atoms with van der Waals surface area (Å²) in [6.45, 7) is 15.2. The van der Waals surface area contributed by atoms with Crippen molar-refractivity contribution in [1.29, 1.82) is 0 Å². The zero-order valence-corrected chi connectivity index (χ0v) is 17.1. The standard InChI is InChI=1S/C18H28BNO4S/c1-16(2,3)22-15(21)20-9-8-12-13(11-25-14(12)10-20)19-23-17(4,5)18(6,7)24-19/h11H,8-10H2,1-7H3. The molecule has 1 saturated heterocycles. The van der Waals surface area contributed by atoms with Gasteiger partial charge in [-0.25, -0.2) is 4.79 Å². The van der Waals surface area contributed by atoms with Gasteiger partial charge in [-0.05, 0) is 71.3 Å². The van der Waals surface area contributed by atoms with Crippen molar-refractivity contribution in [2.45, 2.75) is 78.2 Å². The molecule has 0 N–H and O–H groups in total. The highest BCUT2D eigenvalue weighted by atomic mass is 32.1. The lowest BCUT2D eigenvalue weighted by Gasteiger charge is -2.32.